The third-order valence-electron chi connectivity index (χ3n) is 2.42. The molecule has 0 radical (unpaired) electrons. The molecule has 0 aliphatic rings. The first-order valence-electron chi connectivity index (χ1n) is 5.08. The number of sulfone groups is 1. The average molecular weight is 256 g/mol. The van der Waals surface area contributed by atoms with Crippen LogP contribution in [0.25, 0.3) is 11.0 Å². The lowest BCUT2D eigenvalue weighted by atomic mass is 10.3. The molecule has 2 aromatic rings. The number of hydrogen-bond donors (Lipinski definition) is 3. The maximum Gasteiger partial charge on any atom is 0.323 e. The van der Waals surface area contributed by atoms with Crippen molar-refractivity contribution in [2.45, 2.75) is 11.3 Å². The zero-order chi connectivity index (χ0) is 12.5. The molecule has 92 valence electrons. The van der Waals surface area contributed by atoms with E-state index in [1.165, 1.54) is 12.1 Å². The number of benzene rings is 1. The van der Waals surface area contributed by atoms with E-state index in [-0.39, 0.29) is 29.4 Å². The Labute approximate surface area is 97.2 Å². The molecule has 1 aromatic carbocycles. The van der Waals surface area contributed by atoms with E-state index in [1.807, 2.05) is 0 Å². The molecular weight excluding hydrogens is 244 g/mol. The van der Waals surface area contributed by atoms with Crippen molar-refractivity contribution in [1.29, 1.82) is 0 Å². The lowest BCUT2D eigenvalue weighted by Gasteiger charge is -2.02. The number of fused-ring (bicyclic) bond motifs is 1. The largest absolute Gasteiger partial charge is 0.396 e. The molecule has 1 aromatic heterocycles. The molecule has 0 amide bonds. The summed E-state index contributed by atoms with van der Waals surface area (Å²) in [5.41, 5.74) is 0.654. The standard InChI is InChI=1S/C10H12N2O4S/c13-4-1-5-17(15,16)7-2-3-8-9(6-7)12-10(14)11-8/h2-3,6,13H,1,4-5H2,(H2,11,12,14). The van der Waals surface area contributed by atoms with Gasteiger partial charge in [-0.15, -0.1) is 0 Å². The minimum absolute atomic E-state index is 0.107. The van der Waals surface area contributed by atoms with E-state index in [1.54, 1.807) is 6.07 Å². The summed E-state index contributed by atoms with van der Waals surface area (Å²) < 4.78 is 23.7. The number of imidazole rings is 1. The summed E-state index contributed by atoms with van der Waals surface area (Å²) in [5, 5.41) is 8.63. The molecule has 3 N–H and O–H groups in total. The topological polar surface area (TPSA) is 103 Å². The first kappa shape index (κ1) is 11.9. The van der Waals surface area contributed by atoms with E-state index in [0.717, 1.165) is 0 Å². The zero-order valence-corrected chi connectivity index (χ0v) is 9.75. The summed E-state index contributed by atoms with van der Waals surface area (Å²) in [6.07, 6.45) is 0.198. The first-order valence-corrected chi connectivity index (χ1v) is 6.74. The van der Waals surface area contributed by atoms with Gasteiger partial charge in [0.2, 0.25) is 0 Å². The highest BCUT2D eigenvalue weighted by atomic mass is 32.2. The van der Waals surface area contributed by atoms with Crippen LogP contribution in [-0.2, 0) is 9.84 Å². The highest BCUT2D eigenvalue weighted by molar-refractivity contribution is 7.91. The highest BCUT2D eigenvalue weighted by Crippen LogP contribution is 2.16. The van der Waals surface area contributed by atoms with Crippen LogP contribution in [0.1, 0.15) is 6.42 Å². The molecule has 17 heavy (non-hydrogen) atoms. The predicted octanol–water partition coefficient (Wildman–Crippen LogP) is 0.0123. The fourth-order valence-corrected chi connectivity index (χ4v) is 2.90. The van der Waals surface area contributed by atoms with Crippen molar-refractivity contribution in [2.24, 2.45) is 0 Å². The zero-order valence-electron chi connectivity index (χ0n) is 8.93. The number of aliphatic hydroxyl groups excluding tert-OH is 1. The smallest absolute Gasteiger partial charge is 0.323 e. The second-order valence-electron chi connectivity index (χ2n) is 3.68. The Morgan fingerprint density at radius 3 is 2.59 bits per heavy atom. The average Bonchev–Trinajstić information content (AvgIpc) is 2.65. The summed E-state index contributed by atoms with van der Waals surface area (Å²) in [6, 6.07) is 4.40. The van der Waals surface area contributed by atoms with Crippen molar-refractivity contribution < 1.29 is 13.5 Å². The molecule has 6 nitrogen and oxygen atoms in total. The molecule has 2 rings (SSSR count). The van der Waals surface area contributed by atoms with Crippen molar-refractivity contribution in [3.05, 3.63) is 28.7 Å². The highest BCUT2D eigenvalue weighted by Gasteiger charge is 2.14. The molecule has 7 heteroatoms. The lowest BCUT2D eigenvalue weighted by molar-refractivity contribution is 0.295. The van der Waals surface area contributed by atoms with Crippen LogP contribution in [0.2, 0.25) is 0 Å². The number of aromatic amines is 2. The molecule has 0 saturated heterocycles. The van der Waals surface area contributed by atoms with Crippen molar-refractivity contribution in [3.8, 4) is 0 Å². The molecular formula is C10H12N2O4S. The molecule has 0 unspecified atom stereocenters. The summed E-state index contributed by atoms with van der Waals surface area (Å²) >= 11 is 0. The molecule has 0 atom stereocenters. The van der Waals surface area contributed by atoms with Gasteiger partial charge >= 0.3 is 5.69 Å². The molecule has 0 aliphatic carbocycles. The molecule has 1 heterocycles. The Hall–Kier alpha value is -1.60. The van der Waals surface area contributed by atoms with Gasteiger partial charge in [-0.05, 0) is 24.6 Å². The van der Waals surface area contributed by atoms with Crippen LogP contribution >= 0.6 is 0 Å². The number of nitrogens with one attached hydrogen (secondary N) is 2. The van der Waals surface area contributed by atoms with Crippen molar-refractivity contribution in [2.75, 3.05) is 12.4 Å². The van der Waals surface area contributed by atoms with Crippen LogP contribution in [0, 0.1) is 0 Å². The number of aliphatic hydroxyl groups is 1. The summed E-state index contributed by atoms with van der Waals surface area (Å²) in [4.78, 5) is 16.2. The maximum absolute atomic E-state index is 11.8. The minimum Gasteiger partial charge on any atom is -0.396 e. The third kappa shape index (κ3) is 2.40. The second kappa shape index (κ2) is 4.34. The van der Waals surface area contributed by atoms with Gasteiger partial charge in [0.15, 0.2) is 9.84 Å². The Morgan fingerprint density at radius 1 is 1.18 bits per heavy atom. The van der Waals surface area contributed by atoms with Crippen LogP contribution in [0.3, 0.4) is 0 Å². The lowest BCUT2D eigenvalue weighted by Crippen LogP contribution is -2.08. The van der Waals surface area contributed by atoms with E-state index in [9.17, 15) is 13.2 Å². The van der Waals surface area contributed by atoms with Crippen LogP contribution in [-0.4, -0.2) is 35.9 Å². The van der Waals surface area contributed by atoms with Gasteiger partial charge < -0.3 is 15.1 Å². The van der Waals surface area contributed by atoms with Gasteiger partial charge in [-0.25, -0.2) is 13.2 Å². The number of H-pyrrole nitrogens is 2. The van der Waals surface area contributed by atoms with Crippen LogP contribution in [0.5, 0.6) is 0 Å². The number of hydrogen-bond acceptors (Lipinski definition) is 4. The SMILES string of the molecule is O=c1[nH]c2ccc(S(=O)(=O)CCCO)cc2[nH]1. The van der Waals surface area contributed by atoms with E-state index < -0.39 is 9.84 Å². The van der Waals surface area contributed by atoms with Crippen molar-refractivity contribution in [3.63, 3.8) is 0 Å². The van der Waals surface area contributed by atoms with Gasteiger partial charge in [-0.2, -0.15) is 0 Å². The fraction of sp³-hybridized carbons (Fsp3) is 0.300. The van der Waals surface area contributed by atoms with E-state index in [0.29, 0.717) is 11.0 Å². The molecule has 0 bridgehead atoms. The molecule has 0 aliphatic heterocycles. The Bertz CT molecular complexity index is 684. The monoisotopic (exact) mass is 256 g/mol. The molecule has 0 fully saturated rings. The summed E-state index contributed by atoms with van der Waals surface area (Å²) in [5.74, 6) is -0.107. The Balaban J connectivity index is 2.45. The normalized spacial score (nSPS) is 12.1. The first-order chi connectivity index (χ1) is 8.03. The van der Waals surface area contributed by atoms with Crippen LogP contribution < -0.4 is 5.69 Å². The van der Waals surface area contributed by atoms with Crippen molar-refractivity contribution >= 4 is 20.9 Å². The fourth-order valence-electron chi connectivity index (χ4n) is 1.58. The molecule has 0 spiro atoms. The Kier molecular flexibility index (Phi) is 3.03. The van der Waals surface area contributed by atoms with E-state index in [2.05, 4.69) is 9.97 Å². The predicted molar refractivity (Wildman–Crippen MR) is 62.7 cm³/mol. The van der Waals surface area contributed by atoms with Crippen LogP contribution in [0.4, 0.5) is 0 Å². The summed E-state index contributed by atoms with van der Waals surface area (Å²) in [6.45, 7) is -0.164. The van der Waals surface area contributed by atoms with Gasteiger partial charge in [0, 0.05) is 6.61 Å². The van der Waals surface area contributed by atoms with Crippen LogP contribution in [0.15, 0.2) is 27.9 Å². The summed E-state index contributed by atoms with van der Waals surface area (Å²) in [7, 11) is -3.40. The second-order valence-corrected chi connectivity index (χ2v) is 5.79. The van der Waals surface area contributed by atoms with Gasteiger partial charge in [0.05, 0.1) is 21.7 Å². The quantitative estimate of drug-likeness (QED) is 0.717. The van der Waals surface area contributed by atoms with E-state index >= 15 is 0 Å². The van der Waals surface area contributed by atoms with Gasteiger partial charge in [-0.3, -0.25) is 0 Å². The van der Waals surface area contributed by atoms with Crippen molar-refractivity contribution in [1.82, 2.24) is 9.97 Å². The minimum atomic E-state index is -3.40. The number of aromatic nitrogens is 2. The van der Waals surface area contributed by atoms with Gasteiger partial charge in [0.1, 0.15) is 0 Å². The Morgan fingerprint density at radius 2 is 1.88 bits per heavy atom. The maximum atomic E-state index is 11.8. The third-order valence-corrected chi connectivity index (χ3v) is 4.22. The van der Waals surface area contributed by atoms with E-state index in [4.69, 9.17) is 5.11 Å². The van der Waals surface area contributed by atoms with Gasteiger partial charge in [-0.1, -0.05) is 0 Å². The molecule has 0 saturated carbocycles. The number of rotatable bonds is 4. The van der Waals surface area contributed by atoms with Gasteiger partial charge in [0.25, 0.3) is 0 Å².